The average Bonchev–Trinajstić information content (AvgIpc) is 2.36. The first-order valence-electron chi connectivity index (χ1n) is 7.26. The summed E-state index contributed by atoms with van der Waals surface area (Å²) in [7, 11) is 0. The van der Waals surface area contributed by atoms with Gasteiger partial charge in [0.05, 0.1) is 6.61 Å². The van der Waals surface area contributed by atoms with Gasteiger partial charge in [0, 0.05) is 6.04 Å². The quantitative estimate of drug-likeness (QED) is 0.829. The molecule has 1 aromatic carbocycles. The highest BCUT2D eigenvalue weighted by atomic mass is 16.5. The first-order chi connectivity index (χ1) is 8.80. The fourth-order valence-corrected chi connectivity index (χ4v) is 3.13. The molecule has 1 aliphatic rings. The maximum absolute atomic E-state index is 5.49. The van der Waals surface area contributed by atoms with Crippen molar-refractivity contribution in [2.45, 2.75) is 45.6 Å². The molecule has 0 heterocycles. The predicted octanol–water partition coefficient (Wildman–Crippen LogP) is 3.58. The zero-order valence-electron chi connectivity index (χ0n) is 11.8. The molecular weight excluding hydrogens is 222 g/mol. The summed E-state index contributed by atoms with van der Waals surface area (Å²) in [5, 5.41) is 3.59. The lowest BCUT2D eigenvalue weighted by atomic mass is 9.65. The second-order valence-electron chi connectivity index (χ2n) is 5.08. The summed E-state index contributed by atoms with van der Waals surface area (Å²) in [5.41, 5.74) is 1.47. The van der Waals surface area contributed by atoms with E-state index in [1.165, 1.54) is 18.4 Å². The summed E-state index contributed by atoms with van der Waals surface area (Å²) >= 11 is 0. The first-order valence-corrected chi connectivity index (χ1v) is 7.26. The van der Waals surface area contributed by atoms with E-state index in [9.17, 15) is 0 Å². The third-order valence-electron chi connectivity index (χ3n) is 4.10. The van der Waals surface area contributed by atoms with Gasteiger partial charge in [-0.1, -0.05) is 32.4 Å². The standard InChI is InChI=1S/C16H25NO/c1-4-14-15(11-16(14)17-5-2)12-7-9-13(10-8-12)18-6-3/h7-10,14-17H,4-6,11H2,1-3H3. The molecule has 0 aliphatic heterocycles. The van der Waals surface area contributed by atoms with Crippen LogP contribution in [-0.2, 0) is 0 Å². The van der Waals surface area contributed by atoms with E-state index in [0.717, 1.165) is 36.8 Å². The van der Waals surface area contributed by atoms with Crippen LogP contribution in [0, 0.1) is 5.92 Å². The van der Waals surface area contributed by atoms with Crippen LogP contribution >= 0.6 is 0 Å². The van der Waals surface area contributed by atoms with E-state index in [4.69, 9.17) is 4.74 Å². The molecular formula is C16H25NO. The molecule has 2 heteroatoms. The summed E-state index contributed by atoms with van der Waals surface area (Å²) in [5.74, 6) is 2.51. The number of hydrogen-bond donors (Lipinski definition) is 1. The molecule has 1 aromatic rings. The highest BCUT2D eigenvalue weighted by molar-refractivity contribution is 5.32. The molecule has 0 radical (unpaired) electrons. The molecule has 2 rings (SSSR count). The van der Waals surface area contributed by atoms with E-state index >= 15 is 0 Å². The van der Waals surface area contributed by atoms with Crippen LogP contribution in [0.25, 0.3) is 0 Å². The van der Waals surface area contributed by atoms with Crippen LogP contribution in [0.3, 0.4) is 0 Å². The Bertz CT molecular complexity index is 360. The summed E-state index contributed by atoms with van der Waals surface area (Å²) in [4.78, 5) is 0. The molecule has 2 nitrogen and oxygen atoms in total. The number of hydrogen-bond acceptors (Lipinski definition) is 2. The van der Waals surface area contributed by atoms with Crippen molar-refractivity contribution >= 4 is 0 Å². The molecule has 0 amide bonds. The maximum Gasteiger partial charge on any atom is 0.119 e. The summed E-state index contributed by atoms with van der Waals surface area (Å²) in [6, 6.07) is 9.40. The lowest BCUT2D eigenvalue weighted by Gasteiger charge is -2.45. The van der Waals surface area contributed by atoms with Gasteiger partial charge < -0.3 is 10.1 Å². The second kappa shape index (κ2) is 6.24. The number of nitrogens with one attached hydrogen (secondary N) is 1. The Kier molecular flexibility index (Phi) is 4.65. The van der Waals surface area contributed by atoms with Gasteiger partial charge in [-0.3, -0.25) is 0 Å². The lowest BCUT2D eigenvalue weighted by Crippen LogP contribution is -2.48. The fraction of sp³-hybridized carbons (Fsp3) is 0.625. The summed E-state index contributed by atoms with van der Waals surface area (Å²) in [6.45, 7) is 8.33. The molecule has 0 bridgehead atoms. The van der Waals surface area contributed by atoms with E-state index in [1.807, 2.05) is 6.92 Å². The van der Waals surface area contributed by atoms with Gasteiger partial charge in [0.15, 0.2) is 0 Å². The fourth-order valence-electron chi connectivity index (χ4n) is 3.13. The SMILES string of the molecule is CCNC1CC(c2ccc(OCC)cc2)C1CC. The largest absolute Gasteiger partial charge is 0.494 e. The minimum Gasteiger partial charge on any atom is -0.494 e. The van der Waals surface area contributed by atoms with Crippen LogP contribution in [0.1, 0.15) is 45.1 Å². The Morgan fingerprint density at radius 2 is 1.89 bits per heavy atom. The summed E-state index contributed by atoms with van der Waals surface area (Å²) in [6.07, 6.45) is 2.54. The van der Waals surface area contributed by atoms with Crippen molar-refractivity contribution in [3.63, 3.8) is 0 Å². The Morgan fingerprint density at radius 3 is 2.44 bits per heavy atom. The number of benzene rings is 1. The molecule has 1 saturated carbocycles. The van der Waals surface area contributed by atoms with Crippen molar-refractivity contribution in [3.8, 4) is 5.75 Å². The van der Waals surface area contributed by atoms with Gasteiger partial charge in [0.25, 0.3) is 0 Å². The van der Waals surface area contributed by atoms with E-state index in [-0.39, 0.29) is 0 Å². The van der Waals surface area contributed by atoms with E-state index in [2.05, 4.69) is 43.4 Å². The highest BCUT2D eigenvalue weighted by Crippen LogP contribution is 2.44. The molecule has 18 heavy (non-hydrogen) atoms. The van der Waals surface area contributed by atoms with Crippen molar-refractivity contribution in [1.29, 1.82) is 0 Å². The third-order valence-corrected chi connectivity index (χ3v) is 4.10. The van der Waals surface area contributed by atoms with Gasteiger partial charge in [-0.15, -0.1) is 0 Å². The topological polar surface area (TPSA) is 21.3 Å². The van der Waals surface area contributed by atoms with Crippen molar-refractivity contribution in [1.82, 2.24) is 5.32 Å². The van der Waals surface area contributed by atoms with Crippen molar-refractivity contribution < 1.29 is 4.74 Å². The molecule has 1 fully saturated rings. The Hall–Kier alpha value is -1.02. The van der Waals surface area contributed by atoms with Crippen molar-refractivity contribution in [2.75, 3.05) is 13.2 Å². The summed E-state index contributed by atoms with van der Waals surface area (Å²) < 4.78 is 5.49. The zero-order chi connectivity index (χ0) is 13.0. The first kappa shape index (κ1) is 13.4. The molecule has 0 aromatic heterocycles. The minimum absolute atomic E-state index is 0.719. The third kappa shape index (κ3) is 2.69. The van der Waals surface area contributed by atoms with Gasteiger partial charge in [0.2, 0.25) is 0 Å². The predicted molar refractivity (Wildman–Crippen MR) is 76.2 cm³/mol. The van der Waals surface area contributed by atoms with Crippen LogP contribution in [0.5, 0.6) is 5.75 Å². The molecule has 1 aliphatic carbocycles. The van der Waals surface area contributed by atoms with Gasteiger partial charge in [-0.25, -0.2) is 0 Å². The number of ether oxygens (including phenoxy) is 1. The van der Waals surface area contributed by atoms with E-state index in [0.29, 0.717) is 0 Å². The van der Waals surface area contributed by atoms with Crippen molar-refractivity contribution in [3.05, 3.63) is 29.8 Å². The number of rotatable bonds is 6. The Labute approximate surface area is 111 Å². The lowest BCUT2D eigenvalue weighted by molar-refractivity contribution is 0.163. The molecule has 3 unspecified atom stereocenters. The molecule has 0 spiro atoms. The van der Waals surface area contributed by atoms with E-state index in [1.54, 1.807) is 0 Å². The average molecular weight is 247 g/mol. The van der Waals surface area contributed by atoms with Crippen LogP contribution in [0.15, 0.2) is 24.3 Å². The molecule has 3 atom stereocenters. The monoisotopic (exact) mass is 247 g/mol. The van der Waals surface area contributed by atoms with Crippen LogP contribution in [0.4, 0.5) is 0 Å². The maximum atomic E-state index is 5.49. The van der Waals surface area contributed by atoms with Gasteiger partial charge in [-0.05, 0) is 49.4 Å². The molecule has 100 valence electrons. The van der Waals surface area contributed by atoms with Crippen LogP contribution in [-0.4, -0.2) is 19.2 Å². The van der Waals surface area contributed by atoms with Gasteiger partial charge in [-0.2, -0.15) is 0 Å². The molecule has 0 saturated heterocycles. The smallest absolute Gasteiger partial charge is 0.119 e. The van der Waals surface area contributed by atoms with Gasteiger partial charge >= 0.3 is 0 Å². The minimum atomic E-state index is 0.719. The normalized spacial score (nSPS) is 26.7. The van der Waals surface area contributed by atoms with Crippen molar-refractivity contribution in [2.24, 2.45) is 5.92 Å². The second-order valence-corrected chi connectivity index (χ2v) is 5.08. The van der Waals surface area contributed by atoms with E-state index < -0.39 is 0 Å². The van der Waals surface area contributed by atoms with Crippen LogP contribution in [0.2, 0.25) is 0 Å². The molecule has 1 N–H and O–H groups in total. The van der Waals surface area contributed by atoms with Gasteiger partial charge in [0.1, 0.15) is 5.75 Å². The van der Waals surface area contributed by atoms with Crippen LogP contribution < -0.4 is 10.1 Å². The highest BCUT2D eigenvalue weighted by Gasteiger charge is 2.39. The Balaban J connectivity index is 1.99. The zero-order valence-corrected chi connectivity index (χ0v) is 11.8. The Morgan fingerprint density at radius 1 is 1.17 bits per heavy atom.